The second-order valence-corrected chi connectivity index (χ2v) is 4.32. The van der Waals surface area contributed by atoms with Crippen molar-refractivity contribution in [2.45, 2.75) is 12.2 Å². The second-order valence-electron chi connectivity index (χ2n) is 3.46. The highest BCUT2D eigenvalue weighted by atomic mass is 79.9. The molecule has 16 heavy (non-hydrogen) atoms. The molecular weight excluding hydrogens is 274 g/mol. The van der Waals surface area contributed by atoms with Gasteiger partial charge in [0.25, 0.3) is 0 Å². The van der Waals surface area contributed by atoms with Gasteiger partial charge in [-0.15, -0.1) is 0 Å². The summed E-state index contributed by atoms with van der Waals surface area (Å²) in [7, 11) is 3.28. The van der Waals surface area contributed by atoms with E-state index >= 15 is 0 Å². The zero-order valence-corrected chi connectivity index (χ0v) is 10.9. The molecule has 0 heterocycles. The van der Waals surface area contributed by atoms with Gasteiger partial charge in [-0.3, -0.25) is 0 Å². The molecular formula is C11H16BrNO3. The molecule has 1 rings (SSSR count). The third-order valence-corrected chi connectivity index (χ3v) is 2.95. The van der Waals surface area contributed by atoms with Crippen LogP contribution in [0.2, 0.25) is 0 Å². The molecule has 0 radical (unpaired) electrons. The number of hydrogen-bond donors (Lipinski definition) is 3. The Labute approximate surface area is 103 Å². The highest BCUT2D eigenvalue weighted by Gasteiger charge is 2.18. The van der Waals surface area contributed by atoms with Crippen molar-refractivity contribution in [3.8, 4) is 5.75 Å². The summed E-state index contributed by atoms with van der Waals surface area (Å²) in [5.74, 6) is 0.633. The Balaban J connectivity index is 2.87. The summed E-state index contributed by atoms with van der Waals surface area (Å²) in [5, 5.41) is 22.3. The van der Waals surface area contributed by atoms with Crippen molar-refractivity contribution in [3.63, 3.8) is 0 Å². The molecule has 0 amide bonds. The molecule has 1 aromatic carbocycles. The Bertz CT molecular complexity index is 346. The van der Waals surface area contributed by atoms with Crippen molar-refractivity contribution < 1.29 is 14.9 Å². The summed E-state index contributed by atoms with van der Waals surface area (Å²) in [6, 6.07) is 5.23. The van der Waals surface area contributed by atoms with Gasteiger partial charge in [0.15, 0.2) is 0 Å². The summed E-state index contributed by atoms with van der Waals surface area (Å²) < 4.78 is 5.93. The van der Waals surface area contributed by atoms with Gasteiger partial charge in [-0.05, 0) is 40.7 Å². The maximum Gasteiger partial charge on any atom is 0.133 e. The van der Waals surface area contributed by atoms with Crippen LogP contribution in [-0.4, -0.2) is 37.0 Å². The first-order valence-electron chi connectivity index (χ1n) is 4.94. The summed E-state index contributed by atoms with van der Waals surface area (Å²) in [6.07, 6.45) is -1.76. The van der Waals surface area contributed by atoms with Crippen LogP contribution < -0.4 is 10.1 Å². The molecule has 1 aromatic rings. The van der Waals surface area contributed by atoms with E-state index in [1.807, 2.05) is 0 Å². The van der Waals surface area contributed by atoms with E-state index in [-0.39, 0.29) is 0 Å². The molecule has 3 N–H and O–H groups in total. The van der Waals surface area contributed by atoms with E-state index in [2.05, 4.69) is 21.2 Å². The molecule has 5 heteroatoms. The summed E-state index contributed by atoms with van der Waals surface area (Å²) in [6.45, 7) is 0.333. The molecule has 90 valence electrons. The minimum absolute atomic E-state index is 0.333. The smallest absolute Gasteiger partial charge is 0.133 e. The number of rotatable bonds is 5. The lowest BCUT2D eigenvalue weighted by Crippen LogP contribution is -2.29. The lowest BCUT2D eigenvalue weighted by molar-refractivity contribution is 0.0201. The lowest BCUT2D eigenvalue weighted by Gasteiger charge is -2.18. The van der Waals surface area contributed by atoms with Crippen LogP contribution in [0.25, 0.3) is 0 Å². The molecule has 0 aliphatic rings. The van der Waals surface area contributed by atoms with Crippen molar-refractivity contribution in [1.82, 2.24) is 5.32 Å². The van der Waals surface area contributed by atoms with Crippen LogP contribution in [0.5, 0.6) is 5.75 Å². The van der Waals surface area contributed by atoms with E-state index < -0.39 is 12.2 Å². The lowest BCUT2D eigenvalue weighted by atomic mass is 10.0. The fourth-order valence-electron chi connectivity index (χ4n) is 1.40. The van der Waals surface area contributed by atoms with Gasteiger partial charge in [0.1, 0.15) is 11.9 Å². The number of aliphatic hydroxyl groups excluding tert-OH is 2. The predicted octanol–water partition coefficient (Wildman–Crippen LogP) is 1.07. The zero-order valence-electron chi connectivity index (χ0n) is 9.27. The molecule has 0 fully saturated rings. The fraction of sp³-hybridized carbons (Fsp3) is 0.455. The van der Waals surface area contributed by atoms with Gasteiger partial charge in [0.2, 0.25) is 0 Å². The minimum Gasteiger partial charge on any atom is -0.496 e. The van der Waals surface area contributed by atoms with Crippen LogP contribution in [0.15, 0.2) is 22.7 Å². The van der Waals surface area contributed by atoms with Crippen molar-refractivity contribution in [1.29, 1.82) is 0 Å². The van der Waals surface area contributed by atoms with E-state index in [1.165, 1.54) is 0 Å². The number of nitrogens with one attached hydrogen (secondary N) is 1. The molecule has 2 atom stereocenters. The normalized spacial score (nSPS) is 14.6. The first kappa shape index (κ1) is 13.4. The van der Waals surface area contributed by atoms with Crippen LogP contribution >= 0.6 is 15.9 Å². The first-order valence-corrected chi connectivity index (χ1v) is 5.73. The van der Waals surface area contributed by atoms with Gasteiger partial charge in [-0.1, -0.05) is 6.07 Å². The molecule has 2 unspecified atom stereocenters. The third-order valence-electron chi connectivity index (χ3n) is 2.29. The molecule has 0 saturated heterocycles. The molecule has 0 spiro atoms. The first-order chi connectivity index (χ1) is 7.60. The summed E-state index contributed by atoms with van der Waals surface area (Å²) in [5.41, 5.74) is 0.628. The summed E-state index contributed by atoms with van der Waals surface area (Å²) >= 11 is 3.33. The topological polar surface area (TPSA) is 61.7 Å². The number of benzene rings is 1. The molecule has 0 aliphatic carbocycles. The second kappa shape index (κ2) is 6.20. The van der Waals surface area contributed by atoms with Crippen molar-refractivity contribution >= 4 is 15.9 Å². The maximum absolute atomic E-state index is 9.87. The molecule has 0 bridgehead atoms. The van der Waals surface area contributed by atoms with Crippen LogP contribution in [-0.2, 0) is 0 Å². The van der Waals surface area contributed by atoms with Crippen molar-refractivity contribution in [3.05, 3.63) is 28.2 Å². The molecule has 4 nitrogen and oxygen atoms in total. The molecule has 0 aromatic heterocycles. The van der Waals surface area contributed by atoms with Gasteiger partial charge in [0.05, 0.1) is 17.7 Å². The van der Waals surface area contributed by atoms with Gasteiger partial charge in [-0.25, -0.2) is 0 Å². The van der Waals surface area contributed by atoms with Crippen molar-refractivity contribution in [2.24, 2.45) is 0 Å². The van der Waals surface area contributed by atoms with E-state index in [9.17, 15) is 10.2 Å². The van der Waals surface area contributed by atoms with Gasteiger partial charge in [-0.2, -0.15) is 0 Å². The number of hydrogen-bond acceptors (Lipinski definition) is 4. The molecule has 0 aliphatic heterocycles. The number of halogens is 1. The van der Waals surface area contributed by atoms with Gasteiger partial charge < -0.3 is 20.3 Å². The highest BCUT2D eigenvalue weighted by Crippen LogP contribution is 2.29. The van der Waals surface area contributed by atoms with Crippen LogP contribution in [0.4, 0.5) is 0 Å². The van der Waals surface area contributed by atoms with Gasteiger partial charge >= 0.3 is 0 Å². The van der Waals surface area contributed by atoms with Gasteiger partial charge in [0, 0.05) is 6.54 Å². The maximum atomic E-state index is 9.87. The number of methoxy groups -OCH3 is 1. The fourth-order valence-corrected chi connectivity index (χ4v) is 1.81. The van der Waals surface area contributed by atoms with E-state index in [0.29, 0.717) is 17.9 Å². The van der Waals surface area contributed by atoms with E-state index in [0.717, 1.165) is 4.47 Å². The van der Waals surface area contributed by atoms with E-state index in [4.69, 9.17) is 4.74 Å². The largest absolute Gasteiger partial charge is 0.496 e. The Morgan fingerprint density at radius 2 is 2.12 bits per heavy atom. The minimum atomic E-state index is -0.922. The molecule has 0 saturated carbocycles. The Morgan fingerprint density at radius 1 is 1.44 bits per heavy atom. The van der Waals surface area contributed by atoms with Crippen LogP contribution in [0.1, 0.15) is 11.7 Å². The third kappa shape index (κ3) is 3.18. The SMILES string of the molecule is CNCC(O)C(O)c1ccc(Br)c(OC)c1. The predicted molar refractivity (Wildman–Crippen MR) is 65.6 cm³/mol. The standard InChI is InChI=1S/C11H16BrNO3/c1-13-6-9(14)11(15)7-3-4-8(12)10(5-7)16-2/h3-5,9,11,13-15H,6H2,1-2H3. The Hall–Kier alpha value is -0.620. The van der Waals surface area contributed by atoms with Crippen molar-refractivity contribution in [2.75, 3.05) is 20.7 Å². The number of ether oxygens (including phenoxy) is 1. The quantitative estimate of drug-likeness (QED) is 0.759. The Kier molecular flexibility index (Phi) is 5.21. The van der Waals surface area contributed by atoms with E-state index in [1.54, 1.807) is 32.4 Å². The average molecular weight is 290 g/mol. The highest BCUT2D eigenvalue weighted by molar-refractivity contribution is 9.10. The summed E-state index contributed by atoms with van der Waals surface area (Å²) in [4.78, 5) is 0. The number of likely N-dealkylation sites (N-methyl/N-ethyl adjacent to an activating group) is 1. The van der Waals surface area contributed by atoms with Crippen LogP contribution in [0, 0.1) is 0 Å². The van der Waals surface area contributed by atoms with Crippen LogP contribution in [0.3, 0.4) is 0 Å². The average Bonchev–Trinajstić information content (AvgIpc) is 2.29. The Morgan fingerprint density at radius 3 is 2.69 bits per heavy atom. The zero-order chi connectivity index (χ0) is 12.1. The monoisotopic (exact) mass is 289 g/mol. The number of aliphatic hydroxyl groups is 2.